The molecule has 0 aromatic heterocycles. The molecule has 1 heterocycles. The van der Waals surface area contributed by atoms with E-state index in [0.717, 1.165) is 13.1 Å². The second kappa shape index (κ2) is 5.80. The molecule has 0 spiro atoms. The van der Waals surface area contributed by atoms with Gasteiger partial charge >= 0.3 is 6.87 Å². The molecule has 16 heavy (non-hydrogen) atoms. The smallest absolute Gasteiger partial charge is 0.362 e. The summed E-state index contributed by atoms with van der Waals surface area (Å²) in [6, 6.07) is 0. The molecule has 7 heteroatoms. The van der Waals surface area contributed by atoms with Crippen LogP contribution in [0.4, 0.5) is 0 Å². The first kappa shape index (κ1) is 14.4. The molecule has 0 bridgehead atoms. The Hall–Kier alpha value is 0.360. The van der Waals surface area contributed by atoms with Crippen LogP contribution in [0.5, 0.6) is 0 Å². The number of halogens is 1. The van der Waals surface area contributed by atoms with Gasteiger partial charge in [-0.2, -0.15) is 0 Å². The van der Waals surface area contributed by atoms with E-state index < -0.39 is 6.87 Å². The first-order valence-electron chi connectivity index (χ1n) is 5.27. The zero-order chi connectivity index (χ0) is 12.3. The Morgan fingerprint density at radius 1 is 1.56 bits per heavy atom. The molecule has 1 saturated heterocycles. The maximum Gasteiger partial charge on any atom is 0.362 e. The summed E-state index contributed by atoms with van der Waals surface area (Å²) in [6.07, 6.45) is 0.0993. The summed E-state index contributed by atoms with van der Waals surface area (Å²) in [5.41, 5.74) is 0. The van der Waals surface area contributed by atoms with Gasteiger partial charge in [-0.05, 0) is 39.3 Å². The van der Waals surface area contributed by atoms with Gasteiger partial charge in [-0.1, -0.05) is 0 Å². The Labute approximate surface area is 102 Å². The van der Waals surface area contributed by atoms with Crippen LogP contribution in [0.2, 0.25) is 0 Å². The number of hydrogen-bond acceptors (Lipinski definition) is 4. The van der Waals surface area contributed by atoms with Crippen molar-refractivity contribution in [1.82, 2.24) is 9.57 Å². The predicted molar refractivity (Wildman–Crippen MR) is 64.9 cm³/mol. The quantitative estimate of drug-likeness (QED) is 0.727. The summed E-state index contributed by atoms with van der Waals surface area (Å²) < 4.78 is 24.0. The lowest BCUT2D eigenvalue weighted by molar-refractivity contribution is -0.0848. The topological polar surface area (TPSA) is 42.0 Å². The van der Waals surface area contributed by atoms with Gasteiger partial charge in [0.25, 0.3) is 0 Å². The minimum Gasteiger partial charge on any atom is -0.370 e. The van der Waals surface area contributed by atoms with Gasteiger partial charge in [0.15, 0.2) is 0 Å². The van der Waals surface area contributed by atoms with Crippen LogP contribution < -0.4 is 0 Å². The number of rotatable bonds is 4. The molecule has 1 aliphatic heterocycles. The summed E-state index contributed by atoms with van der Waals surface area (Å²) in [4.78, 5) is 2.16. The molecule has 0 aromatic rings. The minimum absolute atomic E-state index is 0.0687. The average molecular weight is 271 g/mol. The lowest BCUT2D eigenvalue weighted by Crippen LogP contribution is -2.46. The van der Waals surface area contributed by atoms with Crippen LogP contribution in [0, 0.1) is 0 Å². The lowest BCUT2D eigenvalue weighted by atomic mass is 10.2. The van der Waals surface area contributed by atoms with Gasteiger partial charge in [0, 0.05) is 13.1 Å². The van der Waals surface area contributed by atoms with Gasteiger partial charge < -0.3 is 14.2 Å². The molecule has 3 atom stereocenters. The van der Waals surface area contributed by atoms with Crippen molar-refractivity contribution in [2.24, 2.45) is 0 Å². The van der Waals surface area contributed by atoms with Crippen molar-refractivity contribution in [2.45, 2.75) is 19.1 Å². The van der Waals surface area contributed by atoms with Gasteiger partial charge in [0.1, 0.15) is 0 Å². The highest BCUT2D eigenvalue weighted by Crippen LogP contribution is 2.54. The van der Waals surface area contributed by atoms with E-state index in [1.807, 2.05) is 14.0 Å². The summed E-state index contributed by atoms with van der Waals surface area (Å²) >= 11 is 5.75. The van der Waals surface area contributed by atoms with Gasteiger partial charge in [-0.3, -0.25) is 4.57 Å². The second-order valence-corrected chi connectivity index (χ2v) is 7.63. The largest absolute Gasteiger partial charge is 0.370 e. The van der Waals surface area contributed by atoms with E-state index in [0.29, 0.717) is 0 Å². The molecule has 1 aliphatic rings. The van der Waals surface area contributed by atoms with Crippen molar-refractivity contribution in [3.05, 3.63) is 0 Å². The van der Waals surface area contributed by atoms with Crippen LogP contribution in [0.15, 0.2) is 0 Å². The van der Waals surface area contributed by atoms with Crippen LogP contribution >= 0.6 is 18.1 Å². The molecule has 0 saturated carbocycles. The van der Waals surface area contributed by atoms with E-state index in [-0.39, 0.29) is 18.8 Å². The number of ether oxygens (including phenoxy) is 1. The van der Waals surface area contributed by atoms with Crippen LogP contribution in [-0.2, 0) is 13.8 Å². The van der Waals surface area contributed by atoms with E-state index in [1.165, 1.54) is 4.67 Å². The zero-order valence-corrected chi connectivity index (χ0v) is 11.9. The Morgan fingerprint density at radius 3 is 2.69 bits per heavy atom. The van der Waals surface area contributed by atoms with Crippen LogP contribution in [0.25, 0.3) is 0 Å². The molecule has 1 rings (SSSR count). The molecule has 1 fully saturated rings. The highest BCUT2D eigenvalue weighted by molar-refractivity contribution is 7.83. The molecule has 96 valence electrons. The fourth-order valence-electron chi connectivity index (χ4n) is 1.66. The maximum absolute atomic E-state index is 11.7. The normalized spacial score (nSPS) is 31.6. The first-order valence-corrected chi connectivity index (χ1v) is 7.75. The Morgan fingerprint density at radius 2 is 2.19 bits per heavy atom. The zero-order valence-electron chi connectivity index (χ0n) is 10.2. The van der Waals surface area contributed by atoms with Crippen LogP contribution in [0.1, 0.15) is 6.92 Å². The maximum atomic E-state index is 11.7. The van der Waals surface area contributed by atoms with Gasteiger partial charge in [0.2, 0.25) is 0 Å². The van der Waals surface area contributed by atoms with Crippen molar-refractivity contribution in [1.29, 1.82) is 0 Å². The monoisotopic (exact) mass is 270 g/mol. The van der Waals surface area contributed by atoms with Crippen molar-refractivity contribution < 1.29 is 13.8 Å². The van der Waals surface area contributed by atoms with Crippen LogP contribution in [-0.4, -0.2) is 62.6 Å². The van der Waals surface area contributed by atoms with Crippen molar-refractivity contribution in [3.8, 4) is 0 Å². The van der Waals surface area contributed by atoms with Gasteiger partial charge in [-0.25, -0.2) is 4.67 Å². The summed E-state index contributed by atoms with van der Waals surface area (Å²) in [5, 5.41) is 0. The summed E-state index contributed by atoms with van der Waals surface area (Å²) in [7, 11) is 5.28. The number of likely N-dealkylation sites (N-methyl/N-ethyl adjacent to an activating group) is 1. The number of nitrogens with zero attached hydrogens (tertiary/aromatic N) is 2. The molecule has 0 N–H and O–H groups in total. The highest BCUT2D eigenvalue weighted by Gasteiger charge is 2.28. The van der Waals surface area contributed by atoms with Crippen molar-refractivity contribution in [2.75, 3.05) is 40.8 Å². The van der Waals surface area contributed by atoms with Crippen LogP contribution in [0.3, 0.4) is 0 Å². The molecular weight excluding hydrogens is 251 g/mol. The third-order valence-electron chi connectivity index (χ3n) is 2.41. The fourth-order valence-corrected chi connectivity index (χ4v) is 2.41. The Bertz CT molecular complexity index is 267. The fraction of sp³-hybridized carbons (Fsp3) is 1.00. The van der Waals surface area contributed by atoms with Gasteiger partial charge in [-0.15, -0.1) is 0 Å². The Kier molecular flexibility index (Phi) is 5.23. The molecule has 5 nitrogen and oxygen atoms in total. The van der Waals surface area contributed by atoms with E-state index in [2.05, 4.69) is 4.90 Å². The van der Waals surface area contributed by atoms with Gasteiger partial charge in [0.05, 0.1) is 18.8 Å². The molecule has 0 aliphatic carbocycles. The SMILES string of the molecule is CC1CN(C)CC(COP(=O)(Cl)N(C)C)O1. The standard InChI is InChI=1S/C9H20ClN2O3P/c1-8-5-12(4)6-9(15-8)7-14-16(10,13)11(2)3/h8-9H,5-7H2,1-4H3. The van der Waals surface area contributed by atoms with E-state index in [4.69, 9.17) is 20.5 Å². The molecule has 0 aromatic carbocycles. The third-order valence-corrected chi connectivity index (χ3v) is 5.03. The summed E-state index contributed by atoms with van der Waals surface area (Å²) in [6.45, 7) is 0.781. The highest BCUT2D eigenvalue weighted by atomic mass is 35.7. The van der Waals surface area contributed by atoms with E-state index >= 15 is 0 Å². The van der Waals surface area contributed by atoms with Crippen molar-refractivity contribution >= 4 is 18.1 Å². The third kappa shape index (κ3) is 4.32. The average Bonchev–Trinajstić information content (AvgIpc) is 2.13. The minimum atomic E-state index is -3.16. The molecule has 0 radical (unpaired) electrons. The molecule has 3 unspecified atom stereocenters. The Balaban J connectivity index is 2.40. The predicted octanol–water partition coefficient (Wildman–Crippen LogP) is 1.63. The summed E-state index contributed by atoms with van der Waals surface area (Å²) in [5.74, 6) is 0. The lowest BCUT2D eigenvalue weighted by Gasteiger charge is -2.34. The number of hydrogen-bond donors (Lipinski definition) is 0. The van der Waals surface area contributed by atoms with Crippen molar-refractivity contribution in [3.63, 3.8) is 0 Å². The van der Waals surface area contributed by atoms with E-state index in [9.17, 15) is 4.57 Å². The molecule has 0 amide bonds. The first-order chi connectivity index (χ1) is 7.31. The van der Waals surface area contributed by atoms with E-state index in [1.54, 1.807) is 14.1 Å². The number of morpholine rings is 1. The second-order valence-electron chi connectivity index (χ2n) is 4.38. The molecular formula is C9H20ClN2O3P.